The van der Waals surface area contributed by atoms with Crippen molar-refractivity contribution in [3.05, 3.63) is 28.2 Å². The zero-order valence-electron chi connectivity index (χ0n) is 15.1. The Morgan fingerprint density at radius 2 is 2.04 bits per heavy atom. The van der Waals surface area contributed by atoms with E-state index in [1.54, 1.807) is 12.0 Å². The quantitative estimate of drug-likeness (QED) is 0.773. The fourth-order valence-electron chi connectivity index (χ4n) is 2.81. The summed E-state index contributed by atoms with van der Waals surface area (Å²) in [6.07, 6.45) is -0.229. The van der Waals surface area contributed by atoms with Crippen LogP contribution in [0.2, 0.25) is 0 Å². The SMILES string of the molecule is COc1cccc(Br)c1CN1CCN(C(=O)OC(C)(C)C)C[C@H]1C. The van der Waals surface area contributed by atoms with Crippen LogP contribution in [0.5, 0.6) is 5.75 Å². The monoisotopic (exact) mass is 398 g/mol. The first kappa shape index (κ1) is 19.1. The van der Waals surface area contributed by atoms with Crippen LogP contribution in [-0.2, 0) is 11.3 Å². The van der Waals surface area contributed by atoms with Gasteiger partial charge in [0.15, 0.2) is 0 Å². The highest BCUT2D eigenvalue weighted by atomic mass is 79.9. The van der Waals surface area contributed by atoms with Crippen LogP contribution >= 0.6 is 15.9 Å². The minimum atomic E-state index is -0.459. The molecule has 0 saturated carbocycles. The number of halogens is 1. The van der Waals surface area contributed by atoms with Crippen LogP contribution in [-0.4, -0.2) is 54.3 Å². The molecule has 1 atom stereocenters. The lowest BCUT2D eigenvalue weighted by Crippen LogP contribution is -2.54. The lowest BCUT2D eigenvalue weighted by molar-refractivity contribution is 0.00448. The van der Waals surface area contributed by atoms with Crippen LogP contribution in [0.15, 0.2) is 22.7 Å². The molecule has 1 heterocycles. The standard InChI is InChI=1S/C18H27BrN2O3/c1-13-11-21(17(22)24-18(2,3)4)10-9-20(13)12-14-15(19)7-6-8-16(14)23-5/h6-8,13H,9-12H2,1-5H3/t13-/m1/s1. The lowest BCUT2D eigenvalue weighted by atomic mass is 10.1. The first-order valence-electron chi connectivity index (χ1n) is 8.24. The molecule has 5 nitrogen and oxygen atoms in total. The topological polar surface area (TPSA) is 42.0 Å². The van der Waals surface area contributed by atoms with Crippen LogP contribution < -0.4 is 4.74 Å². The molecule has 0 N–H and O–H groups in total. The van der Waals surface area contributed by atoms with Crippen LogP contribution in [0.25, 0.3) is 0 Å². The van der Waals surface area contributed by atoms with E-state index < -0.39 is 5.60 Å². The Morgan fingerprint density at radius 3 is 2.62 bits per heavy atom. The molecule has 1 aromatic carbocycles. The van der Waals surface area contributed by atoms with Gasteiger partial charge in [0.05, 0.1) is 7.11 Å². The van der Waals surface area contributed by atoms with Gasteiger partial charge in [0, 0.05) is 42.3 Å². The zero-order valence-corrected chi connectivity index (χ0v) is 16.7. The highest BCUT2D eigenvalue weighted by Crippen LogP contribution is 2.29. The van der Waals surface area contributed by atoms with Crippen molar-refractivity contribution in [2.75, 3.05) is 26.7 Å². The number of nitrogens with zero attached hydrogens (tertiary/aromatic N) is 2. The number of piperazine rings is 1. The van der Waals surface area contributed by atoms with Crippen molar-refractivity contribution in [1.29, 1.82) is 0 Å². The molecule has 0 unspecified atom stereocenters. The summed E-state index contributed by atoms with van der Waals surface area (Å²) in [5.74, 6) is 0.881. The Balaban J connectivity index is 2.01. The Labute approximate surface area is 153 Å². The third-order valence-corrected chi connectivity index (χ3v) is 4.82. The minimum absolute atomic E-state index is 0.229. The van der Waals surface area contributed by atoms with Gasteiger partial charge >= 0.3 is 6.09 Å². The van der Waals surface area contributed by atoms with Crippen LogP contribution in [0, 0.1) is 0 Å². The largest absolute Gasteiger partial charge is 0.496 e. The van der Waals surface area contributed by atoms with Gasteiger partial charge < -0.3 is 14.4 Å². The molecule has 6 heteroatoms. The average Bonchev–Trinajstić information content (AvgIpc) is 2.49. The fourth-order valence-corrected chi connectivity index (χ4v) is 3.28. The van der Waals surface area contributed by atoms with Gasteiger partial charge in [-0.15, -0.1) is 0 Å². The molecular formula is C18H27BrN2O3. The summed E-state index contributed by atoms with van der Waals surface area (Å²) in [4.78, 5) is 16.4. The first-order chi connectivity index (χ1) is 11.2. The van der Waals surface area contributed by atoms with Gasteiger partial charge in [-0.3, -0.25) is 4.90 Å². The number of carbonyl (C=O) groups excluding carboxylic acids is 1. The number of ether oxygens (including phenoxy) is 2. The minimum Gasteiger partial charge on any atom is -0.496 e. The maximum Gasteiger partial charge on any atom is 0.410 e. The van der Waals surface area contributed by atoms with Crippen molar-refractivity contribution >= 4 is 22.0 Å². The number of hydrogen-bond donors (Lipinski definition) is 0. The summed E-state index contributed by atoms with van der Waals surface area (Å²) in [6.45, 7) is 10.8. The number of amides is 1. The molecule has 2 rings (SSSR count). The normalized spacial score (nSPS) is 19.2. The van der Waals surface area contributed by atoms with Gasteiger partial charge in [-0.1, -0.05) is 22.0 Å². The summed E-state index contributed by atoms with van der Waals surface area (Å²) in [6, 6.07) is 6.22. The maximum atomic E-state index is 12.2. The van der Waals surface area contributed by atoms with Gasteiger partial charge in [-0.05, 0) is 39.8 Å². The summed E-state index contributed by atoms with van der Waals surface area (Å²) in [5.41, 5.74) is 0.678. The molecular weight excluding hydrogens is 372 g/mol. The van der Waals surface area contributed by atoms with E-state index in [-0.39, 0.29) is 12.1 Å². The highest BCUT2D eigenvalue weighted by molar-refractivity contribution is 9.10. The van der Waals surface area contributed by atoms with Crippen molar-refractivity contribution in [2.45, 2.75) is 45.9 Å². The summed E-state index contributed by atoms with van der Waals surface area (Å²) in [5, 5.41) is 0. The number of hydrogen-bond acceptors (Lipinski definition) is 4. The molecule has 1 fully saturated rings. The molecule has 1 aliphatic rings. The Morgan fingerprint density at radius 1 is 1.33 bits per heavy atom. The van der Waals surface area contributed by atoms with Gasteiger partial charge in [-0.2, -0.15) is 0 Å². The van der Waals surface area contributed by atoms with E-state index in [1.165, 1.54) is 0 Å². The fraction of sp³-hybridized carbons (Fsp3) is 0.611. The van der Waals surface area contributed by atoms with Crippen molar-refractivity contribution in [2.24, 2.45) is 0 Å². The van der Waals surface area contributed by atoms with Crippen molar-refractivity contribution in [3.63, 3.8) is 0 Å². The van der Waals surface area contributed by atoms with Crippen LogP contribution in [0.1, 0.15) is 33.3 Å². The molecule has 1 aromatic rings. The molecule has 0 spiro atoms. The van der Waals surface area contributed by atoms with E-state index in [2.05, 4.69) is 27.8 Å². The predicted octanol–water partition coefficient (Wildman–Crippen LogP) is 3.90. The van der Waals surface area contributed by atoms with Crippen molar-refractivity contribution in [1.82, 2.24) is 9.80 Å². The zero-order chi connectivity index (χ0) is 17.9. The van der Waals surface area contributed by atoms with Crippen molar-refractivity contribution < 1.29 is 14.3 Å². The molecule has 0 bridgehead atoms. The number of rotatable bonds is 3. The van der Waals surface area contributed by atoms with Gasteiger partial charge in [-0.25, -0.2) is 4.79 Å². The van der Waals surface area contributed by atoms with Gasteiger partial charge in [0.1, 0.15) is 11.4 Å². The third-order valence-electron chi connectivity index (χ3n) is 4.07. The Hall–Kier alpha value is -1.27. The summed E-state index contributed by atoms with van der Waals surface area (Å²) >= 11 is 3.61. The Kier molecular flexibility index (Phi) is 6.15. The second kappa shape index (κ2) is 7.74. The smallest absolute Gasteiger partial charge is 0.410 e. The third kappa shape index (κ3) is 4.86. The lowest BCUT2D eigenvalue weighted by Gasteiger charge is -2.40. The van der Waals surface area contributed by atoms with Gasteiger partial charge in [0.25, 0.3) is 0 Å². The molecule has 0 radical (unpaired) electrons. The van der Waals surface area contributed by atoms with E-state index >= 15 is 0 Å². The maximum absolute atomic E-state index is 12.2. The van der Waals surface area contributed by atoms with E-state index in [0.717, 1.165) is 28.9 Å². The average molecular weight is 399 g/mol. The van der Waals surface area contributed by atoms with E-state index in [0.29, 0.717) is 13.1 Å². The van der Waals surface area contributed by atoms with E-state index in [1.807, 2.05) is 39.0 Å². The van der Waals surface area contributed by atoms with Crippen LogP contribution in [0.3, 0.4) is 0 Å². The second-order valence-corrected chi connectivity index (χ2v) is 8.02. The molecule has 0 aliphatic carbocycles. The van der Waals surface area contributed by atoms with E-state index in [4.69, 9.17) is 9.47 Å². The first-order valence-corrected chi connectivity index (χ1v) is 9.04. The molecule has 24 heavy (non-hydrogen) atoms. The summed E-state index contributed by atoms with van der Waals surface area (Å²) < 4.78 is 12.0. The van der Waals surface area contributed by atoms with Gasteiger partial charge in [0.2, 0.25) is 0 Å². The molecule has 1 aliphatic heterocycles. The number of benzene rings is 1. The molecule has 134 valence electrons. The Bertz CT molecular complexity index is 586. The second-order valence-electron chi connectivity index (χ2n) is 7.17. The predicted molar refractivity (Wildman–Crippen MR) is 98.4 cm³/mol. The molecule has 1 amide bonds. The van der Waals surface area contributed by atoms with E-state index in [9.17, 15) is 4.79 Å². The van der Waals surface area contributed by atoms with Crippen LogP contribution in [0.4, 0.5) is 4.79 Å². The van der Waals surface area contributed by atoms with Crippen molar-refractivity contribution in [3.8, 4) is 5.75 Å². The number of carbonyl (C=O) groups is 1. The highest BCUT2D eigenvalue weighted by Gasteiger charge is 2.30. The molecule has 0 aromatic heterocycles. The number of methoxy groups -OCH3 is 1. The summed E-state index contributed by atoms with van der Waals surface area (Å²) in [7, 11) is 1.69. The molecule has 1 saturated heterocycles.